The van der Waals surface area contributed by atoms with Crippen molar-refractivity contribution in [3.05, 3.63) is 52.3 Å². The second-order valence-electron chi connectivity index (χ2n) is 4.00. The summed E-state index contributed by atoms with van der Waals surface area (Å²) in [6.45, 7) is 2.76. The lowest BCUT2D eigenvalue weighted by Gasteiger charge is -2.12. The number of rotatable bonds is 4. The highest BCUT2D eigenvalue weighted by molar-refractivity contribution is 9.10. The average molecular weight is 307 g/mol. The lowest BCUT2D eigenvalue weighted by atomic mass is 10.2. The molecule has 18 heavy (non-hydrogen) atoms. The molecule has 0 spiro atoms. The Balaban J connectivity index is 2.15. The van der Waals surface area contributed by atoms with E-state index in [9.17, 15) is 0 Å². The van der Waals surface area contributed by atoms with Gasteiger partial charge in [-0.2, -0.15) is 0 Å². The van der Waals surface area contributed by atoms with Crippen LogP contribution in [0.4, 0.5) is 5.69 Å². The molecular formula is C14H15BrN2O. The van der Waals surface area contributed by atoms with E-state index in [4.69, 9.17) is 4.74 Å². The SMILES string of the molecule is COc1ccc(Br)cc1CNc1cnccc1C. The smallest absolute Gasteiger partial charge is 0.123 e. The summed E-state index contributed by atoms with van der Waals surface area (Å²) in [5, 5.41) is 3.37. The van der Waals surface area contributed by atoms with Crippen LogP contribution in [-0.2, 0) is 6.54 Å². The Morgan fingerprint density at radius 3 is 2.89 bits per heavy atom. The molecule has 0 aliphatic heterocycles. The van der Waals surface area contributed by atoms with Gasteiger partial charge in [0.05, 0.1) is 19.0 Å². The molecule has 0 amide bonds. The molecule has 0 atom stereocenters. The molecule has 1 aromatic heterocycles. The summed E-state index contributed by atoms with van der Waals surface area (Å²) < 4.78 is 6.39. The predicted octanol–water partition coefficient (Wildman–Crippen LogP) is 3.77. The van der Waals surface area contributed by atoms with E-state index in [1.807, 2.05) is 24.4 Å². The quantitative estimate of drug-likeness (QED) is 0.933. The summed E-state index contributed by atoms with van der Waals surface area (Å²) in [5.41, 5.74) is 3.33. The number of aromatic nitrogens is 1. The van der Waals surface area contributed by atoms with E-state index < -0.39 is 0 Å². The van der Waals surface area contributed by atoms with Crippen molar-refractivity contribution < 1.29 is 4.74 Å². The highest BCUT2D eigenvalue weighted by Gasteiger charge is 2.04. The Bertz CT molecular complexity index is 543. The molecule has 3 nitrogen and oxygen atoms in total. The fraction of sp³-hybridized carbons (Fsp3) is 0.214. The second kappa shape index (κ2) is 5.87. The predicted molar refractivity (Wildman–Crippen MR) is 77.0 cm³/mol. The monoisotopic (exact) mass is 306 g/mol. The molecule has 0 aliphatic carbocycles. The van der Waals surface area contributed by atoms with Crippen molar-refractivity contribution >= 4 is 21.6 Å². The Morgan fingerprint density at radius 2 is 2.17 bits per heavy atom. The number of hydrogen-bond acceptors (Lipinski definition) is 3. The molecule has 0 saturated carbocycles. The first-order valence-corrected chi connectivity index (χ1v) is 6.47. The standard InChI is InChI=1S/C14H15BrN2O/c1-10-5-6-16-9-13(10)17-8-11-7-12(15)3-4-14(11)18-2/h3-7,9,17H,8H2,1-2H3. The van der Waals surface area contributed by atoms with Crippen LogP contribution in [0.15, 0.2) is 41.1 Å². The number of ether oxygens (including phenoxy) is 1. The summed E-state index contributed by atoms with van der Waals surface area (Å²) in [6.07, 6.45) is 3.62. The van der Waals surface area contributed by atoms with Gasteiger partial charge in [0, 0.05) is 22.8 Å². The summed E-state index contributed by atoms with van der Waals surface area (Å²) in [7, 11) is 1.68. The maximum absolute atomic E-state index is 5.34. The minimum Gasteiger partial charge on any atom is -0.496 e. The number of aryl methyl sites for hydroxylation is 1. The Labute approximate surface area is 115 Å². The number of anilines is 1. The zero-order valence-corrected chi connectivity index (χ0v) is 12.0. The lowest BCUT2D eigenvalue weighted by molar-refractivity contribution is 0.410. The molecule has 0 unspecified atom stereocenters. The first-order valence-electron chi connectivity index (χ1n) is 5.67. The molecule has 4 heteroatoms. The molecule has 0 bridgehead atoms. The number of methoxy groups -OCH3 is 1. The van der Waals surface area contributed by atoms with Crippen LogP contribution in [0.5, 0.6) is 5.75 Å². The molecule has 0 aliphatic rings. The van der Waals surface area contributed by atoms with Gasteiger partial charge in [-0.1, -0.05) is 15.9 Å². The van der Waals surface area contributed by atoms with Crippen molar-refractivity contribution in [1.29, 1.82) is 0 Å². The van der Waals surface area contributed by atoms with Gasteiger partial charge < -0.3 is 10.1 Å². The van der Waals surface area contributed by atoms with E-state index >= 15 is 0 Å². The van der Waals surface area contributed by atoms with Gasteiger partial charge in [0.1, 0.15) is 5.75 Å². The van der Waals surface area contributed by atoms with E-state index in [0.29, 0.717) is 6.54 Å². The largest absolute Gasteiger partial charge is 0.496 e. The van der Waals surface area contributed by atoms with Crippen molar-refractivity contribution in [3.8, 4) is 5.75 Å². The summed E-state index contributed by atoms with van der Waals surface area (Å²) in [5.74, 6) is 0.882. The third-order valence-corrected chi connectivity index (χ3v) is 3.24. The number of nitrogens with one attached hydrogen (secondary N) is 1. The normalized spacial score (nSPS) is 10.2. The molecule has 2 aromatic rings. The molecule has 94 valence electrons. The Kier molecular flexibility index (Phi) is 4.20. The summed E-state index contributed by atoms with van der Waals surface area (Å²) >= 11 is 3.47. The first kappa shape index (κ1) is 12.9. The van der Waals surface area contributed by atoms with Gasteiger partial charge in [0.2, 0.25) is 0 Å². The van der Waals surface area contributed by atoms with Crippen LogP contribution >= 0.6 is 15.9 Å². The maximum atomic E-state index is 5.34. The third kappa shape index (κ3) is 3.01. The third-order valence-electron chi connectivity index (χ3n) is 2.75. The van der Waals surface area contributed by atoms with Gasteiger partial charge in [-0.3, -0.25) is 4.98 Å². The zero-order chi connectivity index (χ0) is 13.0. The van der Waals surface area contributed by atoms with Gasteiger partial charge in [0.25, 0.3) is 0 Å². The number of benzene rings is 1. The van der Waals surface area contributed by atoms with Crippen LogP contribution in [-0.4, -0.2) is 12.1 Å². The van der Waals surface area contributed by atoms with Gasteiger partial charge in [-0.25, -0.2) is 0 Å². The van der Waals surface area contributed by atoms with Gasteiger partial charge in [0.15, 0.2) is 0 Å². The van der Waals surface area contributed by atoms with Crippen molar-refractivity contribution in [2.75, 3.05) is 12.4 Å². The van der Waals surface area contributed by atoms with Crippen LogP contribution < -0.4 is 10.1 Å². The van der Waals surface area contributed by atoms with Crippen molar-refractivity contribution in [2.24, 2.45) is 0 Å². The number of nitrogens with zero attached hydrogens (tertiary/aromatic N) is 1. The van der Waals surface area contributed by atoms with Crippen molar-refractivity contribution in [1.82, 2.24) is 4.98 Å². The first-order chi connectivity index (χ1) is 8.70. The molecule has 0 radical (unpaired) electrons. The van der Waals surface area contributed by atoms with Gasteiger partial charge in [-0.05, 0) is 36.8 Å². The second-order valence-corrected chi connectivity index (χ2v) is 4.92. The van der Waals surface area contributed by atoms with E-state index in [1.54, 1.807) is 13.3 Å². The van der Waals surface area contributed by atoms with Crippen LogP contribution in [0.1, 0.15) is 11.1 Å². The molecule has 2 rings (SSSR count). The molecule has 0 saturated heterocycles. The number of hydrogen-bond donors (Lipinski definition) is 1. The van der Waals surface area contributed by atoms with E-state index in [2.05, 4.69) is 39.2 Å². The topological polar surface area (TPSA) is 34.1 Å². The van der Waals surface area contributed by atoms with Crippen LogP contribution in [0.25, 0.3) is 0 Å². The Morgan fingerprint density at radius 1 is 1.33 bits per heavy atom. The fourth-order valence-electron chi connectivity index (χ4n) is 1.72. The molecule has 1 N–H and O–H groups in total. The molecule has 0 fully saturated rings. The van der Waals surface area contributed by atoms with E-state index in [0.717, 1.165) is 21.5 Å². The number of halogens is 1. The summed E-state index contributed by atoms with van der Waals surface area (Å²) in [6, 6.07) is 7.97. The molecule has 1 aromatic carbocycles. The minimum atomic E-state index is 0.704. The molecule has 1 heterocycles. The van der Waals surface area contributed by atoms with Crippen LogP contribution in [0, 0.1) is 6.92 Å². The lowest BCUT2D eigenvalue weighted by Crippen LogP contribution is -2.03. The van der Waals surface area contributed by atoms with Crippen LogP contribution in [0.3, 0.4) is 0 Å². The number of pyridine rings is 1. The zero-order valence-electron chi connectivity index (χ0n) is 10.4. The Hall–Kier alpha value is -1.55. The average Bonchev–Trinajstić information content (AvgIpc) is 2.38. The van der Waals surface area contributed by atoms with Gasteiger partial charge in [-0.15, -0.1) is 0 Å². The maximum Gasteiger partial charge on any atom is 0.123 e. The summed E-state index contributed by atoms with van der Waals surface area (Å²) in [4.78, 5) is 4.11. The van der Waals surface area contributed by atoms with Crippen LogP contribution in [0.2, 0.25) is 0 Å². The van der Waals surface area contributed by atoms with E-state index in [1.165, 1.54) is 5.56 Å². The minimum absolute atomic E-state index is 0.704. The van der Waals surface area contributed by atoms with Crippen molar-refractivity contribution in [3.63, 3.8) is 0 Å². The van der Waals surface area contributed by atoms with Gasteiger partial charge >= 0.3 is 0 Å². The van der Waals surface area contributed by atoms with E-state index in [-0.39, 0.29) is 0 Å². The highest BCUT2D eigenvalue weighted by Crippen LogP contribution is 2.24. The molecular weight excluding hydrogens is 292 g/mol. The van der Waals surface area contributed by atoms with Crippen molar-refractivity contribution in [2.45, 2.75) is 13.5 Å². The highest BCUT2D eigenvalue weighted by atomic mass is 79.9. The fourth-order valence-corrected chi connectivity index (χ4v) is 2.13.